The van der Waals surface area contributed by atoms with E-state index in [1.54, 1.807) is 0 Å². The van der Waals surface area contributed by atoms with Gasteiger partial charge in [-0.1, -0.05) is 13.8 Å². The van der Waals surface area contributed by atoms with Gasteiger partial charge in [-0.2, -0.15) is 0 Å². The first-order valence-electron chi connectivity index (χ1n) is 7.75. The number of nitrogens with one attached hydrogen (secondary N) is 2. The third-order valence-corrected chi connectivity index (χ3v) is 3.34. The summed E-state index contributed by atoms with van der Waals surface area (Å²) >= 11 is 0. The highest BCUT2D eigenvalue weighted by Gasteiger charge is 2.16. The lowest BCUT2D eigenvalue weighted by Gasteiger charge is -2.20. The van der Waals surface area contributed by atoms with E-state index in [-0.39, 0.29) is 0 Å². The number of hydrogen-bond donors (Lipinski definition) is 3. The molecule has 0 radical (unpaired) electrons. The lowest BCUT2D eigenvalue weighted by atomic mass is 9.96. The molecule has 0 heterocycles. The lowest BCUT2D eigenvalue weighted by Crippen LogP contribution is -2.27. The van der Waals surface area contributed by atoms with E-state index in [2.05, 4.69) is 24.5 Å². The van der Waals surface area contributed by atoms with Crippen LogP contribution in [0.15, 0.2) is 24.3 Å². The molecule has 1 amide bonds. The number of benzene rings is 1. The van der Waals surface area contributed by atoms with Gasteiger partial charge in [-0.05, 0) is 63.4 Å². The van der Waals surface area contributed by atoms with Crippen LogP contribution in [0.2, 0.25) is 0 Å². The highest BCUT2D eigenvalue weighted by molar-refractivity contribution is 5.85. The molecule has 5 nitrogen and oxygen atoms in total. The zero-order chi connectivity index (χ0) is 16.8. The fourth-order valence-corrected chi connectivity index (χ4v) is 1.93. The summed E-state index contributed by atoms with van der Waals surface area (Å²) in [6, 6.07) is 7.55. The SMILES string of the molecule is CC(C)C(CN)CNc1ccc(NC(=O)OC(C)(C)C)cc1. The molecule has 0 fully saturated rings. The third kappa shape index (κ3) is 6.80. The number of ether oxygens (including phenoxy) is 1. The molecular formula is C17H29N3O2. The van der Waals surface area contributed by atoms with Crippen molar-refractivity contribution in [2.24, 2.45) is 17.6 Å². The average Bonchev–Trinajstić information content (AvgIpc) is 2.38. The monoisotopic (exact) mass is 307 g/mol. The van der Waals surface area contributed by atoms with Gasteiger partial charge in [0.05, 0.1) is 0 Å². The molecular weight excluding hydrogens is 278 g/mol. The molecule has 0 bridgehead atoms. The topological polar surface area (TPSA) is 76.4 Å². The van der Waals surface area contributed by atoms with E-state index in [9.17, 15) is 4.79 Å². The van der Waals surface area contributed by atoms with E-state index in [0.717, 1.165) is 12.2 Å². The normalized spacial score (nSPS) is 12.9. The van der Waals surface area contributed by atoms with Gasteiger partial charge < -0.3 is 15.8 Å². The number of hydrogen-bond acceptors (Lipinski definition) is 4. The van der Waals surface area contributed by atoms with Gasteiger partial charge in [-0.15, -0.1) is 0 Å². The molecule has 1 unspecified atom stereocenters. The molecule has 0 aromatic heterocycles. The van der Waals surface area contributed by atoms with Gasteiger partial charge in [0.1, 0.15) is 5.60 Å². The fourth-order valence-electron chi connectivity index (χ4n) is 1.93. The molecule has 0 aliphatic rings. The average molecular weight is 307 g/mol. The molecule has 1 rings (SSSR count). The maximum atomic E-state index is 11.7. The summed E-state index contributed by atoms with van der Waals surface area (Å²) in [6.07, 6.45) is -0.448. The molecule has 124 valence electrons. The number of carbonyl (C=O) groups is 1. The zero-order valence-corrected chi connectivity index (χ0v) is 14.3. The predicted molar refractivity (Wildman–Crippen MR) is 92.2 cm³/mol. The molecule has 0 saturated carbocycles. The molecule has 0 spiro atoms. The Bertz CT molecular complexity index is 464. The van der Waals surface area contributed by atoms with Crippen molar-refractivity contribution in [1.29, 1.82) is 0 Å². The Morgan fingerprint density at radius 1 is 1.18 bits per heavy atom. The van der Waals surface area contributed by atoms with Gasteiger partial charge in [0.2, 0.25) is 0 Å². The van der Waals surface area contributed by atoms with E-state index in [1.807, 2.05) is 45.0 Å². The summed E-state index contributed by atoms with van der Waals surface area (Å²) in [5.74, 6) is 0.991. The molecule has 1 atom stereocenters. The van der Waals surface area contributed by atoms with Crippen LogP contribution in [0.4, 0.5) is 16.2 Å². The molecule has 22 heavy (non-hydrogen) atoms. The van der Waals surface area contributed by atoms with Crippen LogP contribution >= 0.6 is 0 Å². The number of carbonyl (C=O) groups excluding carboxylic acids is 1. The maximum Gasteiger partial charge on any atom is 0.412 e. The van der Waals surface area contributed by atoms with Gasteiger partial charge in [0, 0.05) is 17.9 Å². The van der Waals surface area contributed by atoms with Crippen LogP contribution in [0.5, 0.6) is 0 Å². The smallest absolute Gasteiger partial charge is 0.412 e. The van der Waals surface area contributed by atoms with E-state index in [0.29, 0.717) is 24.1 Å². The van der Waals surface area contributed by atoms with Crippen molar-refractivity contribution < 1.29 is 9.53 Å². The first-order valence-corrected chi connectivity index (χ1v) is 7.75. The van der Waals surface area contributed by atoms with Crippen molar-refractivity contribution in [3.63, 3.8) is 0 Å². The first kappa shape index (κ1) is 18.3. The number of nitrogens with two attached hydrogens (primary N) is 1. The molecule has 1 aromatic carbocycles. The van der Waals surface area contributed by atoms with Crippen molar-refractivity contribution in [1.82, 2.24) is 0 Å². The summed E-state index contributed by atoms with van der Waals surface area (Å²) in [4.78, 5) is 11.7. The quantitative estimate of drug-likeness (QED) is 0.749. The van der Waals surface area contributed by atoms with Gasteiger partial charge >= 0.3 is 6.09 Å². The molecule has 1 aromatic rings. The highest BCUT2D eigenvalue weighted by Crippen LogP contribution is 2.17. The van der Waals surface area contributed by atoms with Crippen molar-refractivity contribution in [3.05, 3.63) is 24.3 Å². The number of anilines is 2. The van der Waals surface area contributed by atoms with Crippen LogP contribution in [0.1, 0.15) is 34.6 Å². The summed E-state index contributed by atoms with van der Waals surface area (Å²) < 4.78 is 5.21. The second-order valence-electron chi connectivity index (χ2n) is 6.82. The van der Waals surface area contributed by atoms with Gasteiger partial charge in [-0.25, -0.2) is 4.79 Å². The number of rotatable bonds is 6. The zero-order valence-electron chi connectivity index (χ0n) is 14.3. The maximum absolute atomic E-state index is 11.7. The molecule has 0 aliphatic carbocycles. The molecule has 0 saturated heterocycles. The minimum atomic E-state index is -0.500. The molecule has 4 N–H and O–H groups in total. The lowest BCUT2D eigenvalue weighted by molar-refractivity contribution is 0.0636. The van der Waals surface area contributed by atoms with Gasteiger partial charge in [-0.3, -0.25) is 5.32 Å². The second-order valence-corrected chi connectivity index (χ2v) is 6.82. The van der Waals surface area contributed by atoms with Crippen LogP contribution in [-0.2, 0) is 4.74 Å². The first-order chi connectivity index (χ1) is 10.2. The van der Waals surface area contributed by atoms with E-state index in [1.165, 1.54) is 0 Å². The van der Waals surface area contributed by atoms with Crippen LogP contribution in [-0.4, -0.2) is 24.8 Å². The van der Waals surface area contributed by atoms with Crippen molar-refractivity contribution >= 4 is 17.5 Å². The van der Waals surface area contributed by atoms with Crippen LogP contribution in [0.3, 0.4) is 0 Å². The summed E-state index contributed by atoms with van der Waals surface area (Å²) in [5, 5.41) is 6.08. The predicted octanol–water partition coefficient (Wildman–Crippen LogP) is 3.68. The van der Waals surface area contributed by atoms with Crippen molar-refractivity contribution in [2.45, 2.75) is 40.2 Å². The van der Waals surface area contributed by atoms with Crippen molar-refractivity contribution in [3.8, 4) is 0 Å². The standard InChI is InChI=1S/C17H29N3O2/c1-12(2)13(10-18)11-19-14-6-8-15(9-7-14)20-16(21)22-17(3,4)5/h6-9,12-13,19H,10-11,18H2,1-5H3,(H,20,21). The Balaban J connectivity index is 2.51. The largest absolute Gasteiger partial charge is 0.444 e. The summed E-state index contributed by atoms with van der Waals surface area (Å²) in [5.41, 5.74) is 6.98. The highest BCUT2D eigenvalue weighted by atomic mass is 16.6. The summed E-state index contributed by atoms with van der Waals surface area (Å²) in [6.45, 7) is 11.4. The minimum Gasteiger partial charge on any atom is -0.444 e. The third-order valence-electron chi connectivity index (χ3n) is 3.34. The fraction of sp³-hybridized carbons (Fsp3) is 0.588. The second kappa shape index (κ2) is 8.03. The van der Waals surface area contributed by atoms with E-state index in [4.69, 9.17) is 10.5 Å². The van der Waals surface area contributed by atoms with Crippen molar-refractivity contribution in [2.75, 3.05) is 23.7 Å². The summed E-state index contributed by atoms with van der Waals surface area (Å²) in [7, 11) is 0. The molecule has 0 aliphatic heterocycles. The van der Waals surface area contributed by atoms with Crippen LogP contribution < -0.4 is 16.4 Å². The Morgan fingerprint density at radius 3 is 2.18 bits per heavy atom. The Morgan fingerprint density at radius 2 is 1.73 bits per heavy atom. The van der Waals surface area contributed by atoms with Gasteiger partial charge in [0.15, 0.2) is 0 Å². The Labute approximate surface area is 133 Å². The van der Waals surface area contributed by atoms with Gasteiger partial charge in [0.25, 0.3) is 0 Å². The van der Waals surface area contributed by atoms with E-state index >= 15 is 0 Å². The van der Waals surface area contributed by atoms with E-state index < -0.39 is 11.7 Å². The van der Waals surface area contributed by atoms with Crippen LogP contribution in [0, 0.1) is 11.8 Å². The number of amides is 1. The Kier molecular flexibility index (Phi) is 6.68. The Hall–Kier alpha value is -1.75. The minimum absolute atomic E-state index is 0.444. The van der Waals surface area contributed by atoms with Crippen LogP contribution in [0.25, 0.3) is 0 Å². The molecule has 5 heteroatoms.